The number of quaternary nitrogens is 1. The molecule has 0 radical (unpaired) electrons. The molecule has 0 aliphatic heterocycles. The molecular weight excluding hydrogens is 224 g/mol. The van der Waals surface area contributed by atoms with E-state index in [0.717, 1.165) is 22.5 Å². The van der Waals surface area contributed by atoms with Crippen LogP contribution in [-0.4, -0.2) is 31.9 Å². The van der Waals surface area contributed by atoms with Gasteiger partial charge in [0, 0.05) is 11.8 Å². The van der Waals surface area contributed by atoms with Crippen LogP contribution in [0.15, 0.2) is 36.5 Å². The van der Waals surface area contributed by atoms with Crippen LogP contribution in [0.4, 0.5) is 5.82 Å². The second-order valence-electron chi connectivity index (χ2n) is 5.36. The zero-order chi connectivity index (χ0) is 13.3. The monoisotopic (exact) mass is 243 g/mol. The first-order valence-corrected chi connectivity index (χ1v) is 6.01. The van der Waals surface area contributed by atoms with Crippen molar-refractivity contribution in [3.8, 4) is 11.1 Å². The van der Waals surface area contributed by atoms with Gasteiger partial charge in [0.05, 0.1) is 26.7 Å². The van der Waals surface area contributed by atoms with Crippen molar-refractivity contribution in [1.82, 2.24) is 9.47 Å². The molecule has 0 atom stereocenters. The third kappa shape index (κ3) is 2.22. The van der Waals surface area contributed by atoms with E-state index in [4.69, 9.17) is 0 Å². The highest BCUT2D eigenvalue weighted by Crippen LogP contribution is 2.35. The van der Waals surface area contributed by atoms with E-state index >= 15 is 0 Å². The maximum absolute atomic E-state index is 11.8. The molecule has 0 aliphatic carbocycles. The zero-order valence-corrected chi connectivity index (χ0v) is 11.3. The lowest BCUT2D eigenvalue weighted by Gasteiger charge is -2.23. The molecule has 1 aromatic heterocycles. The van der Waals surface area contributed by atoms with Crippen LogP contribution in [0, 0.1) is 0 Å². The highest BCUT2D eigenvalue weighted by atomic mass is 16.1. The maximum Gasteiger partial charge on any atom is 0.213 e. The molecule has 0 bridgehead atoms. The zero-order valence-electron chi connectivity index (χ0n) is 11.3. The van der Waals surface area contributed by atoms with Crippen molar-refractivity contribution in [2.24, 2.45) is 0 Å². The minimum absolute atomic E-state index is 0.0878. The minimum atomic E-state index is 0.0878. The quantitative estimate of drug-likeness (QED) is 0.652. The molecule has 0 amide bonds. The molecule has 2 rings (SSSR count). The fraction of sp³-hybridized carbons (Fsp3) is 0.267. The summed E-state index contributed by atoms with van der Waals surface area (Å²) in [7, 11) is 6.26. The van der Waals surface area contributed by atoms with Crippen LogP contribution in [0.1, 0.15) is 17.3 Å². The third-order valence-electron chi connectivity index (χ3n) is 2.97. The molecule has 2 aromatic rings. The van der Waals surface area contributed by atoms with Gasteiger partial charge in [-0.2, -0.15) is 0 Å². The number of H-pyrrole nitrogens is 1. The van der Waals surface area contributed by atoms with Gasteiger partial charge < -0.3 is 4.98 Å². The number of aromatic nitrogens is 1. The van der Waals surface area contributed by atoms with Gasteiger partial charge in [0.2, 0.25) is 5.82 Å². The van der Waals surface area contributed by atoms with Gasteiger partial charge in [-0.05, 0) is 12.5 Å². The summed E-state index contributed by atoms with van der Waals surface area (Å²) in [6, 6.07) is 10.0. The first-order chi connectivity index (χ1) is 8.41. The Labute approximate surface area is 108 Å². The largest absolute Gasteiger partial charge is 0.317 e. The van der Waals surface area contributed by atoms with Gasteiger partial charge in [-0.3, -0.25) is 9.28 Å². The van der Waals surface area contributed by atoms with E-state index in [0.29, 0.717) is 4.48 Å². The second kappa shape index (κ2) is 4.42. The van der Waals surface area contributed by atoms with Crippen LogP contribution in [0.2, 0.25) is 0 Å². The highest BCUT2D eigenvalue weighted by Gasteiger charge is 2.25. The lowest BCUT2D eigenvalue weighted by Crippen LogP contribution is -2.35. The molecule has 3 heteroatoms. The normalized spacial score (nSPS) is 11.6. The summed E-state index contributed by atoms with van der Waals surface area (Å²) in [5, 5.41) is 0. The highest BCUT2D eigenvalue weighted by molar-refractivity contribution is 6.03. The summed E-state index contributed by atoms with van der Waals surface area (Å²) in [5.74, 6) is 1.14. The molecule has 0 saturated heterocycles. The van der Waals surface area contributed by atoms with E-state index in [1.165, 1.54) is 0 Å². The molecule has 94 valence electrons. The van der Waals surface area contributed by atoms with Crippen LogP contribution in [0.5, 0.6) is 0 Å². The van der Waals surface area contributed by atoms with E-state index < -0.39 is 0 Å². The smallest absolute Gasteiger partial charge is 0.213 e. The summed E-state index contributed by atoms with van der Waals surface area (Å²) in [4.78, 5) is 15.0. The summed E-state index contributed by atoms with van der Waals surface area (Å²) in [6.45, 7) is 1.61. The first kappa shape index (κ1) is 12.6. The van der Waals surface area contributed by atoms with Crippen molar-refractivity contribution in [3.63, 3.8) is 0 Å². The van der Waals surface area contributed by atoms with Crippen molar-refractivity contribution in [2.45, 2.75) is 6.92 Å². The van der Waals surface area contributed by atoms with Gasteiger partial charge >= 0.3 is 0 Å². The molecule has 0 spiro atoms. The number of nitrogens with zero attached hydrogens (tertiary/aromatic N) is 1. The molecule has 0 saturated carbocycles. The summed E-state index contributed by atoms with van der Waals surface area (Å²) in [5.41, 5.74) is 2.84. The summed E-state index contributed by atoms with van der Waals surface area (Å²) in [6.07, 6.45) is 1.81. The molecule has 1 aromatic carbocycles. The van der Waals surface area contributed by atoms with Crippen LogP contribution in [0.25, 0.3) is 11.1 Å². The van der Waals surface area contributed by atoms with E-state index in [1.807, 2.05) is 36.5 Å². The van der Waals surface area contributed by atoms with Gasteiger partial charge in [-0.15, -0.1) is 0 Å². The number of aromatic amines is 1. The Morgan fingerprint density at radius 3 is 2.22 bits per heavy atom. The average molecular weight is 243 g/mol. The topological polar surface area (TPSA) is 32.9 Å². The number of Topliss-reactive ketones (excluding diaryl/α,β-unsaturated/α-hetero) is 1. The van der Waals surface area contributed by atoms with Crippen molar-refractivity contribution in [2.75, 3.05) is 21.1 Å². The number of benzene rings is 1. The van der Waals surface area contributed by atoms with E-state index in [2.05, 4.69) is 26.1 Å². The van der Waals surface area contributed by atoms with Gasteiger partial charge in [0.15, 0.2) is 5.78 Å². The minimum Gasteiger partial charge on any atom is -0.317 e. The molecule has 0 aliphatic rings. The number of hydrogen-bond donors (Lipinski definition) is 1. The molecule has 1 N–H and O–H groups in total. The van der Waals surface area contributed by atoms with Gasteiger partial charge in [0.25, 0.3) is 0 Å². The van der Waals surface area contributed by atoms with Crippen LogP contribution < -0.4 is 4.48 Å². The molecular formula is C15H19N2O+. The van der Waals surface area contributed by atoms with Crippen molar-refractivity contribution < 1.29 is 4.79 Å². The molecule has 0 unspecified atom stereocenters. The Bertz CT molecular complexity index is 562. The second-order valence-corrected chi connectivity index (χ2v) is 5.36. The van der Waals surface area contributed by atoms with Crippen LogP contribution in [0.3, 0.4) is 0 Å². The molecule has 1 heterocycles. The predicted octanol–water partition coefficient (Wildman–Crippen LogP) is 3.08. The fourth-order valence-corrected chi connectivity index (χ4v) is 2.12. The lowest BCUT2D eigenvalue weighted by atomic mass is 10.0. The average Bonchev–Trinajstić information content (AvgIpc) is 2.74. The number of hydrogen-bond acceptors (Lipinski definition) is 1. The number of carbonyl (C=O) groups excluding carboxylic acids is 1. The van der Waals surface area contributed by atoms with E-state index in [-0.39, 0.29) is 5.78 Å². The Kier molecular flexibility index (Phi) is 3.09. The van der Waals surface area contributed by atoms with Gasteiger partial charge in [0.1, 0.15) is 0 Å². The van der Waals surface area contributed by atoms with Gasteiger partial charge in [-0.25, -0.2) is 0 Å². The number of carbonyl (C=O) groups is 1. The molecule has 3 nitrogen and oxygen atoms in total. The summed E-state index contributed by atoms with van der Waals surface area (Å²) < 4.78 is 0.650. The first-order valence-electron chi connectivity index (χ1n) is 6.01. The molecule has 0 fully saturated rings. The van der Waals surface area contributed by atoms with Crippen LogP contribution >= 0.6 is 0 Å². The van der Waals surface area contributed by atoms with Crippen molar-refractivity contribution in [3.05, 3.63) is 42.1 Å². The Balaban J connectivity index is 2.70. The van der Waals surface area contributed by atoms with E-state index in [1.54, 1.807) is 6.92 Å². The number of rotatable bonds is 3. The SMILES string of the molecule is CC(=O)c1c[nH]c([N+](C)(C)C)c1-c1ccccc1. The fourth-order valence-electron chi connectivity index (χ4n) is 2.12. The van der Waals surface area contributed by atoms with Gasteiger partial charge in [-0.1, -0.05) is 30.3 Å². The third-order valence-corrected chi connectivity index (χ3v) is 2.97. The Morgan fingerprint density at radius 2 is 1.72 bits per heavy atom. The summed E-state index contributed by atoms with van der Waals surface area (Å²) >= 11 is 0. The van der Waals surface area contributed by atoms with Crippen LogP contribution in [-0.2, 0) is 0 Å². The maximum atomic E-state index is 11.8. The van der Waals surface area contributed by atoms with Crippen molar-refractivity contribution >= 4 is 11.6 Å². The Hall–Kier alpha value is -1.87. The Morgan fingerprint density at radius 1 is 1.11 bits per heavy atom. The molecule has 18 heavy (non-hydrogen) atoms. The lowest BCUT2D eigenvalue weighted by molar-refractivity contribution is 0.101. The standard InChI is InChI=1S/C15H18N2O/c1-11(18)13-10-16-15(17(2,3)4)14(13)12-8-6-5-7-9-12/h5-10H,1-4H3/p+1. The van der Waals surface area contributed by atoms with Crippen molar-refractivity contribution in [1.29, 1.82) is 0 Å². The van der Waals surface area contributed by atoms with E-state index in [9.17, 15) is 4.79 Å². The predicted molar refractivity (Wildman–Crippen MR) is 75.8 cm³/mol. The number of ketones is 1. The number of nitrogens with one attached hydrogen (secondary N) is 1.